The van der Waals surface area contributed by atoms with E-state index < -0.39 is 17.6 Å². The van der Waals surface area contributed by atoms with Crippen LogP contribution in [0.3, 0.4) is 0 Å². The van der Waals surface area contributed by atoms with E-state index in [4.69, 9.17) is 9.47 Å². The Morgan fingerprint density at radius 2 is 2.15 bits per heavy atom. The lowest BCUT2D eigenvalue weighted by molar-refractivity contribution is -0.150. The van der Waals surface area contributed by atoms with E-state index in [2.05, 4.69) is 6.58 Å². The second kappa shape index (κ2) is 5.36. The van der Waals surface area contributed by atoms with Gasteiger partial charge in [0, 0.05) is 0 Å². The number of carbonyl (C=O) groups is 2. The van der Waals surface area contributed by atoms with Crippen LogP contribution in [0.25, 0.3) is 0 Å². The number of nitrogens with zero attached hydrogens (tertiary/aromatic N) is 1. The van der Waals surface area contributed by atoms with Crippen LogP contribution in [0.4, 0.5) is 4.79 Å². The lowest BCUT2D eigenvalue weighted by Crippen LogP contribution is -2.52. The molecule has 2 rings (SSSR count). The first-order valence-corrected chi connectivity index (χ1v) is 6.27. The number of rotatable bonds is 4. The topological polar surface area (TPSA) is 55.8 Å². The fourth-order valence-corrected chi connectivity index (χ4v) is 2.34. The van der Waals surface area contributed by atoms with Gasteiger partial charge in [0.1, 0.15) is 6.61 Å². The monoisotopic (exact) mass is 275 g/mol. The van der Waals surface area contributed by atoms with Crippen LogP contribution in [0.5, 0.6) is 0 Å². The highest BCUT2D eigenvalue weighted by molar-refractivity contribution is 5.88. The minimum atomic E-state index is -1.26. The molecule has 1 aromatic rings. The molecule has 1 saturated heterocycles. The highest BCUT2D eigenvalue weighted by atomic mass is 16.6. The summed E-state index contributed by atoms with van der Waals surface area (Å²) in [5, 5.41) is 0. The van der Waals surface area contributed by atoms with E-state index >= 15 is 0 Å². The third-order valence-corrected chi connectivity index (χ3v) is 3.55. The molecule has 0 radical (unpaired) electrons. The predicted octanol–water partition coefficient (Wildman–Crippen LogP) is 2.30. The number of ether oxygens (including phenoxy) is 2. The minimum absolute atomic E-state index is 0.198. The van der Waals surface area contributed by atoms with Crippen LogP contribution >= 0.6 is 0 Å². The Hall–Kier alpha value is -2.30. The summed E-state index contributed by atoms with van der Waals surface area (Å²) in [6.07, 6.45) is 0.855. The molecule has 0 N–H and O–H groups in total. The third-order valence-electron chi connectivity index (χ3n) is 3.55. The van der Waals surface area contributed by atoms with Crippen molar-refractivity contribution in [1.29, 1.82) is 0 Å². The van der Waals surface area contributed by atoms with E-state index in [9.17, 15) is 9.59 Å². The molecule has 1 heterocycles. The van der Waals surface area contributed by atoms with Gasteiger partial charge in [0.05, 0.1) is 13.2 Å². The van der Waals surface area contributed by atoms with Crippen molar-refractivity contribution in [3.8, 4) is 0 Å². The number of amides is 1. The summed E-state index contributed by atoms with van der Waals surface area (Å²) in [4.78, 5) is 25.4. The quantitative estimate of drug-likeness (QED) is 0.625. The summed E-state index contributed by atoms with van der Waals surface area (Å²) in [7, 11) is 1.28. The SMILES string of the molecule is C=C[C@@](C)(C(=O)OC)N1C(=O)OC[C@@H]1c1ccccc1. The van der Waals surface area contributed by atoms with E-state index in [0.717, 1.165) is 5.56 Å². The number of esters is 1. The number of methoxy groups -OCH3 is 1. The standard InChI is InChI=1S/C15H17NO4/c1-4-15(2,13(17)19-3)16-12(10-20-14(16)18)11-8-6-5-7-9-11/h4-9,12H,1,10H2,2-3H3/t12-,15+/m1/s1. The van der Waals surface area contributed by atoms with Crippen LogP contribution in [0.2, 0.25) is 0 Å². The summed E-state index contributed by atoms with van der Waals surface area (Å²) < 4.78 is 9.90. The number of carbonyl (C=O) groups excluding carboxylic acids is 2. The Bertz CT molecular complexity index is 528. The van der Waals surface area contributed by atoms with Crippen molar-refractivity contribution in [2.75, 3.05) is 13.7 Å². The average molecular weight is 275 g/mol. The number of hydrogen-bond donors (Lipinski definition) is 0. The second-order valence-electron chi connectivity index (χ2n) is 4.72. The Balaban J connectivity index is 2.43. The normalized spacial score (nSPS) is 21.0. The van der Waals surface area contributed by atoms with Gasteiger partial charge >= 0.3 is 12.1 Å². The van der Waals surface area contributed by atoms with E-state index in [1.54, 1.807) is 6.92 Å². The molecule has 5 heteroatoms. The highest BCUT2D eigenvalue weighted by Crippen LogP contribution is 2.35. The van der Waals surface area contributed by atoms with Crippen molar-refractivity contribution < 1.29 is 19.1 Å². The first-order valence-electron chi connectivity index (χ1n) is 6.27. The Morgan fingerprint density at radius 1 is 1.50 bits per heavy atom. The molecule has 1 aliphatic rings. The van der Waals surface area contributed by atoms with Crippen LogP contribution in [-0.4, -0.2) is 36.2 Å². The molecule has 0 bridgehead atoms. The smallest absolute Gasteiger partial charge is 0.411 e. The molecule has 1 aliphatic heterocycles. The first-order chi connectivity index (χ1) is 9.54. The third kappa shape index (κ3) is 2.15. The van der Waals surface area contributed by atoms with E-state index in [0.29, 0.717) is 0 Å². The summed E-state index contributed by atoms with van der Waals surface area (Å²) in [5.74, 6) is -0.549. The molecule has 1 aromatic carbocycles. The summed E-state index contributed by atoms with van der Waals surface area (Å²) in [5.41, 5.74) is -0.363. The number of hydrogen-bond acceptors (Lipinski definition) is 4. The number of benzene rings is 1. The molecular weight excluding hydrogens is 258 g/mol. The van der Waals surface area contributed by atoms with Gasteiger partial charge in [-0.3, -0.25) is 4.90 Å². The minimum Gasteiger partial charge on any atom is -0.467 e. The molecule has 0 spiro atoms. The lowest BCUT2D eigenvalue weighted by atomic mass is 9.96. The zero-order valence-electron chi connectivity index (χ0n) is 11.5. The molecule has 0 saturated carbocycles. The maximum atomic E-state index is 12.0. The van der Waals surface area contributed by atoms with E-state index in [1.807, 2.05) is 30.3 Å². The molecule has 2 atom stereocenters. The zero-order valence-corrected chi connectivity index (χ0v) is 11.5. The van der Waals surface area contributed by atoms with Crippen LogP contribution < -0.4 is 0 Å². The number of cyclic esters (lactones) is 1. The van der Waals surface area contributed by atoms with Gasteiger partial charge in [-0.1, -0.05) is 36.4 Å². The highest BCUT2D eigenvalue weighted by Gasteiger charge is 2.49. The summed E-state index contributed by atoms with van der Waals surface area (Å²) >= 11 is 0. The van der Waals surface area contributed by atoms with Gasteiger partial charge in [-0.2, -0.15) is 0 Å². The summed E-state index contributed by atoms with van der Waals surface area (Å²) in [6.45, 7) is 5.45. The molecule has 0 unspecified atom stereocenters. The van der Waals surface area contributed by atoms with E-state index in [-0.39, 0.29) is 12.6 Å². The van der Waals surface area contributed by atoms with Crippen LogP contribution in [0.1, 0.15) is 18.5 Å². The molecule has 106 valence electrons. The van der Waals surface area contributed by atoms with Gasteiger partial charge in [0.15, 0.2) is 5.54 Å². The maximum Gasteiger partial charge on any atom is 0.411 e. The van der Waals surface area contributed by atoms with Crippen molar-refractivity contribution >= 4 is 12.1 Å². The van der Waals surface area contributed by atoms with Crippen LogP contribution in [-0.2, 0) is 14.3 Å². The van der Waals surface area contributed by atoms with Crippen molar-refractivity contribution in [1.82, 2.24) is 4.90 Å². The summed E-state index contributed by atoms with van der Waals surface area (Å²) in [6, 6.07) is 9.07. The van der Waals surface area contributed by atoms with Crippen LogP contribution in [0, 0.1) is 0 Å². The van der Waals surface area contributed by atoms with Crippen molar-refractivity contribution in [3.63, 3.8) is 0 Å². The largest absolute Gasteiger partial charge is 0.467 e. The van der Waals surface area contributed by atoms with Crippen molar-refractivity contribution in [3.05, 3.63) is 48.6 Å². The van der Waals surface area contributed by atoms with Crippen molar-refractivity contribution in [2.45, 2.75) is 18.5 Å². The molecule has 0 aliphatic carbocycles. The molecule has 1 amide bonds. The van der Waals surface area contributed by atoms with E-state index in [1.165, 1.54) is 18.1 Å². The Labute approximate surface area is 117 Å². The van der Waals surface area contributed by atoms with Gasteiger partial charge in [0.25, 0.3) is 0 Å². The molecule has 5 nitrogen and oxygen atoms in total. The second-order valence-corrected chi connectivity index (χ2v) is 4.72. The lowest BCUT2D eigenvalue weighted by Gasteiger charge is -2.35. The van der Waals surface area contributed by atoms with Gasteiger partial charge < -0.3 is 9.47 Å². The van der Waals surface area contributed by atoms with Gasteiger partial charge in [0.2, 0.25) is 0 Å². The fourth-order valence-electron chi connectivity index (χ4n) is 2.34. The Kier molecular flexibility index (Phi) is 3.79. The zero-order chi connectivity index (χ0) is 14.8. The van der Waals surface area contributed by atoms with Gasteiger partial charge in [-0.15, -0.1) is 6.58 Å². The maximum absolute atomic E-state index is 12.0. The van der Waals surface area contributed by atoms with Gasteiger partial charge in [-0.25, -0.2) is 9.59 Å². The van der Waals surface area contributed by atoms with Crippen molar-refractivity contribution in [2.24, 2.45) is 0 Å². The molecule has 0 aromatic heterocycles. The van der Waals surface area contributed by atoms with Crippen LogP contribution in [0.15, 0.2) is 43.0 Å². The predicted molar refractivity (Wildman–Crippen MR) is 73.0 cm³/mol. The Morgan fingerprint density at radius 3 is 2.70 bits per heavy atom. The van der Waals surface area contributed by atoms with Gasteiger partial charge in [-0.05, 0) is 12.5 Å². The first kappa shape index (κ1) is 14.1. The molecule has 1 fully saturated rings. The molecule has 20 heavy (non-hydrogen) atoms. The average Bonchev–Trinajstić information content (AvgIpc) is 2.88. The molecular formula is C15H17NO4. The fraction of sp³-hybridized carbons (Fsp3) is 0.333.